The second-order valence-electron chi connectivity index (χ2n) is 4.91. The van der Waals surface area contributed by atoms with Gasteiger partial charge in [-0.2, -0.15) is 0 Å². The molecule has 2 rings (SSSR count). The standard InChI is InChI=1S/C12H20N2O/c1-8(2)13-7-11-10-6-9(3)4-5-12(10)15-14-11/h8-9,13H,4-7H2,1-3H3. The molecule has 1 aromatic heterocycles. The SMILES string of the molecule is CC1CCc2onc(CNC(C)C)c2C1. The smallest absolute Gasteiger partial charge is 0.140 e. The fourth-order valence-corrected chi connectivity index (χ4v) is 2.08. The molecule has 0 amide bonds. The van der Waals surface area contributed by atoms with Gasteiger partial charge in [0, 0.05) is 24.6 Å². The van der Waals surface area contributed by atoms with Gasteiger partial charge < -0.3 is 9.84 Å². The van der Waals surface area contributed by atoms with E-state index in [-0.39, 0.29) is 0 Å². The minimum Gasteiger partial charge on any atom is -0.361 e. The maximum atomic E-state index is 5.38. The maximum Gasteiger partial charge on any atom is 0.140 e. The minimum absolute atomic E-state index is 0.498. The molecule has 1 N–H and O–H groups in total. The normalized spacial score (nSPS) is 20.7. The van der Waals surface area contributed by atoms with Crippen molar-refractivity contribution in [2.24, 2.45) is 5.92 Å². The Balaban J connectivity index is 2.09. The lowest BCUT2D eigenvalue weighted by molar-refractivity contribution is 0.352. The van der Waals surface area contributed by atoms with E-state index in [4.69, 9.17) is 4.52 Å². The first-order valence-corrected chi connectivity index (χ1v) is 5.86. The van der Waals surface area contributed by atoms with E-state index in [2.05, 4.69) is 31.2 Å². The number of nitrogens with zero attached hydrogens (tertiary/aromatic N) is 1. The summed E-state index contributed by atoms with van der Waals surface area (Å²) in [5.74, 6) is 1.89. The lowest BCUT2D eigenvalue weighted by Crippen LogP contribution is -2.23. The van der Waals surface area contributed by atoms with Crippen molar-refractivity contribution in [1.82, 2.24) is 10.5 Å². The summed E-state index contributed by atoms with van der Waals surface area (Å²) in [5.41, 5.74) is 2.48. The number of hydrogen-bond acceptors (Lipinski definition) is 3. The van der Waals surface area contributed by atoms with Crippen molar-refractivity contribution in [3.05, 3.63) is 17.0 Å². The summed E-state index contributed by atoms with van der Waals surface area (Å²) in [6, 6.07) is 0.498. The van der Waals surface area contributed by atoms with Gasteiger partial charge in [0.05, 0.1) is 0 Å². The summed E-state index contributed by atoms with van der Waals surface area (Å²) in [7, 11) is 0. The van der Waals surface area contributed by atoms with Crippen LogP contribution in [0.15, 0.2) is 4.52 Å². The molecule has 0 aliphatic heterocycles. The van der Waals surface area contributed by atoms with Gasteiger partial charge in [0.15, 0.2) is 0 Å². The van der Waals surface area contributed by atoms with Gasteiger partial charge in [0.1, 0.15) is 11.5 Å². The highest BCUT2D eigenvalue weighted by molar-refractivity contribution is 5.25. The Morgan fingerprint density at radius 3 is 3.07 bits per heavy atom. The average molecular weight is 208 g/mol. The first-order valence-electron chi connectivity index (χ1n) is 5.86. The van der Waals surface area contributed by atoms with E-state index in [1.165, 1.54) is 12.0 Å². The summed E-state index contributed by atoms with van der Waals surface area (Å²) >= 11 is 0. The summed E-state index contributed by atoms with van der Waals surface area (Å²) in [6.07, 6.45) is 3.43. The lowest BCUT2D eigenvalue weighted by Gasteiger charge is -2.17. The first kappa shape index (κ1) is 10.7. The monoisotopic (exact) mass is 208 g/mol. The van der Waals surface area contributed by atoms with E-state index < -0.39 is 0 Å². The molecule has 1 unspecified atom stereocenters. The molecule has 3 heteroatoms. The Morgan fingerprint density at radius 1 is 1.53 bits per heavy atom. The molecule has 0 fully saturated rings. The molecule has 15 heavy (non-hydrogen) atoms. The van der Waals surface area contributed by atoms with Crippen LogP contribution in [0.1, 0.15) is 44.2 Å². The highest BCUT2D eigenvalue weighted by Crippen LogP contribution is 2.27. The molecular weight excluding hydrogens is 188 g/mol. The van der Waals surface area contributed by atoms with Gasteiger partial charge in [-0.05, 0) is 18.8 Å². The van der Waals surface area contributed by atoms with E-state index in [9.17, 15) is 0 Å². The van der Waals surface area contributed by atoms with Crippen LogP contribution in [-0.4, -0.2) is 11.2 Å². The number of nitrogens with one attached hydrogen (secondary N) is 1. The van der Waals surface area contributed by atoms with Crippen LogP contribution in [-0.2, 0) is 19.4 Å². The zero-order chi connectivity index (χ0) is 10.8. The van der Waals surface area contributed by atoms with Crippen LogP contribution in [0.2, 0.25) is 0 Å². The van der Waals surface area contributed by atoms with Crippen LogP contribution < -0.4 is 5.32 Å². The molecule has 1 aliphatic rings. The van der Waals surface area contributed by atoms with E-state index in [1.807, 2.05) is 0 Å². The molecule has 1 atom stereocenters. The predicted octanol–water partition coefficient (Wildman–Crippen LogP) is 2.30. The maximum absolute atomic E-state index is 5.38. The van der Waals surface area contributed by atoms with Crippen molar-refractivity contribution >= 4 is 0 Å². The average Bonchev–Trinajstić information content (AvgIpc) is 2.57. The Labute approximate surface area is 91.2 Å². The molecule has 1 aliphatic carbocycles. The fraction of sp³-hybridized carbons (Fsp3) is 0.750. The first-order chi connectivity index (χ1) is 7.16. The van der Waals surface area contributed by atoms with Gasteiger partial charge in [0.2, 0.25) is 0 Å². The molecule has 0 saturated carbocycles. The van der Waals surface area contributed by atoms with E-state index in [0.717, 1.165) is 36.8 Å². The van der Waals surface area contributed by atoms with Gasteiger partial charge in [-0.3, -0.25) is 0 Å². The number of fused-ring (bicyclic) bond motifs is 1. The van der Waals surface area contributed by atoms with Gasteiger partial charge in [0.25, 0.3) is 0 Å². The molecule has 1 aromatic rings. The quantitative estimate of drug-likeness (QED) is 0.828. The molecule has 0 radical (unpaired) electrons. The number of aryl methyl sites for hydroxylation is 1. The van der Waals surface area contributed by atoms with Crippen molar-refractivity contribution in [2.45, 2.75) is 52.6 Å². The third-order valence-corrected chi connectivity index (χ3v) is 3.05. The Kier molecular flexibility index (Phi) is 3.10. The molecule has 3 nitrogen and oxygen atoms in total. The van der Waals surface area contributed by atoms with Crippen molar-refractivity contribution in [1.29, 1.82) is 0 Å². The van der Waals surface area contributed by atoms with E-state index >= 15 is 0 Å². The lowest BCUT2D eigenvalue weighted by atomic mass is 9.88. The molecule has 0 bridgehead atoms. The number of aromatic nitrogens is 1. The Bertz CT molecular complexity index is 330. The fourth-order valence-electron chi connectivity index (χ4n) is 2.08. The number of hydrogen-bond donors (Lipinski definition) is 1. The van der Waals surface area contributed by atoms with Crippen molar-refractivity contribution in [2.75, 3.05) is 0 Å². The van der Waals surface area contributed by atoms with E-state index in [0.29, 0.717) is 6.04 Å². The largest absolute Gasteiger partial charge is 0.361 e. The molecule has 0 spiro atoms. The van der Waals surface area contributed by atoms with Gasteiger partial charge in [-0.1, -0.05) is 25.9 Å². The summed E-state index contributed by atoms with van der Waals surface area (Å²) in [4.78, 5) is 0. The van der Waals surface area contributed by atoms with Gasteiger partial charge in [-0.25, -0.2) is 0 Å². The van der Waals surface area contributed by atoms with Crippen molar-refractivity contribution in [3.8, 4) is 0 Å². The highest BCUT2D eigenvalue weighted by Gasteiger charge is 2.22. The van der Waals surface area contributed by atoms with Crippen LogP contribution >= 0.6 is 0 Å². The molecule has 0 saturated heterocycles. The van der Waals surface area contributed by atoms with Crippen LogP contribution in [0.4, 0.5) is 0 Å². The third-order valence-electron chi connectivity index (χ3n) is 3.05. The molecule has 1 heterocycles. The molecule has 84 valence electrons. The minimum atomic E-state index is 0.498. The summed E-state index contributed by atoms with van der Waals surface area (Å²) < 4.78 is 5.38. The third kappa shape index (κ3) is 2.40. The van der Waals surface area contributed by atoms with Crippen LogP contribution in [0, 0.1) is 5.92 Å². The topological polar surface area (TPSA) is 38.1 Å². The molecular formula is C12H20N2O. The van der Waals surface area contributed by atoms with Crippen molar-refractivity contribution < 1.29 is 4.52 Å². The summed E-state index contributed by atoms with van der Waals surface area (Å²) in [6.45, 7) is 7.43. The van der Waals surface area contributed by atoms with Gasteiger partial charge in [-0.15, -0.1) is 0 Å². The van der Waals surface area contributed by atoms with E-state index in [1.54, 1.807) is 0 Å². The van der Waals surface area contributed by atoms with Crippen LogP contribution in [0.25, 0.3) is 0 Å². The second kappa shape index (κ2) is 4.35. The Hall–Kier alpha value is -0.830. The van der Waals surface area contributed by atoms with Crippen molar-refractivity contribution in [3.63, 3.8) is 0 Å². The summed E-state index contributed by atoms with van der Waals surface area (Å²) in [5, 5.41) is 7.56. The Morgan fingerprint density at radius 2 is 2.33 bits per heavy atom. The second-order valence-corrected chi connectivity index (χ2v) is 4.91. The zero-order valence-electron chi connectivity index (χ0n) is 9.84. The zero-order valence-corrected chi connectivity index (χ0v) is 9.84. The van der Waals surface area contributed by atoms with Crippen LogP contribution in [0.5, 0.6) is 0 Å². The predicted molar refractivity (Wildman–Crippen MR) is 59.7 cm³/mol. The highest BCUT2D eigenvalue weighted by atomic mass is 16.5. The van der Waals surface area contributed by atoms with Gasteiger partial charge >= 0.3 is 0 Å². The molecule has 0 aromatic carbocycles. The van der Waals surface area contributed by atoms with Crippen LogP contribution in [0.3, 0.4) is 0 Å². The number of rotatable bonds is 3.